The number of carbonyl (C=O) groups is 1. The minimum absolute atomic E-state index is 0.209. The molecule has 0 spiro atoms. The van der Waals surface area contributed by atoms with E-state index in [0.717, 1.165) is 5.56 Å². The Hall–Kier alpha value is -2.21. The minimum Gasteiger partial charge on any atom is -0.354 e. The molecule has 6 heteroatoms. The molecule has 0 radical (unpaired) electrons. The molecule has 0 aliphatic carbocycles. The van der Waals surface area contributed by atoms with Gasteiger partial charge in [-0.2, -0.15) is 5.10 Å². The standard InChI is InChI=1S/C14H19N5O/c1-14(15,11-6-4-3-5-7-11)13(20)16-9-8-12-17-10-19(2)18-12/h3-7,10H,8-9,15H2,1-2H3,(H,16,20). The number of rotatable bonds is 5. The van der Waals surface area contributed by atoms with Gasteiger partial charge in [-0.15, -0.1) is 0 Å². The normalized spacial score (nSPS) is 13.8. The first kappa shape index (κ1) is 14.2. The molecule has 0 saturated heterocycles. The number of hydrogen-bond donors (Lipinski definition) is 2. The van der Waals surface area contributed by atoms with Gasteiger partial charge in [0.15, 0.2) is 5.82 Å². The van der Waals surface area contributed by atoms with E-state index in [1.807, 2.05) is 30.3 Å². The van der Waals surface area contributed by atoms with Crippen molar-refractivity contribution in [1.29, 1.82) is 0 Å². The summed E-state index contributed by atoms with van der Waals surface area (Å²) in [6.45, 7) is 2.17. The number of aromatic nitrogens is 3. The zero-order chi connectivity index (χ0) is 14.6. The summed E-state index contributed by atoms with van der Waals surface area (Å²) in [7, 11) is 1.81. The number of nitrogens with one attached hydrogen (secondary N) is 1. The number of hydrogen-bond acceptors (Lipinski definition) is 4. The maximum atomic E-state index is 12.2. The third kappa shape index (κ3) is 3.21. The van der Waals surface area contributed by atoms with Crippen molar-refractivity contribution in [3.05, 3.63) is 48.0 Å². The molecule has 1 atom stereocenters. The summed E-state index contributed by atoms with van der Waals surface area (Å²) in [4.78, 5) is 16.3. The SMILES string of the molecule is Cn1cnc(CCNC(=O)C(C)(N)c2ccccc2)n1. The average molecular weight is 273 g/mol. The molecule has 0 aliphatic rings. The van der Waals surface area contributed by atoms with Crippen molar-refractivity contribution < 1.29 is 4.79 Å². The van der Waals surface area contributed by atoms with Crippen LogP contribution in [0.3, 0.4) is 0 Å². The van der Waals surface area contributed by atoms with E-state index in [2.05, 4.69) is 15.4 Å². The Morgan fingerprint density at radius 1 is 1.40 bits per heavy atom. The number of nitrogens with zero attached hydrogens (tertiary/aromatic N) is 3. The predicted molar refractivity (Wildman–Crippen MR) is 75.7 cm³/mol. The largest absolute Gasteiger partial charge is 0.354 e. The molecule has 2 rings (SSSR count). The van der Waals surface area contributed by atoms with Gasteiger partial charge in [-0.1, -0.05) is 30.3 Å². The Labute approximate surface area is 118 Å². The lowest BCUT2D eigenvalue weighted by molar-refractivity contribution is -0.126. The minimum atomic E-state index is -1.04. The molecule has 1 aromatic heterocycles. The molecule has 0 bridgehead atoms. The summed E-state index contributed by atoms with van der Waals surface area (Å²) < 4.78 is 1.63. The lowest BCUT2D eigenvalue weighted by Crippen LogP contribution is -2.49. The Kier molecular flexibility index (Phi) is 4.14. The average Bonchev–Trinajstić information content (AvgIpc) is 2.85. The fourth-order valence-corrected chi connectivity index (χ4v) is 1.89. The van der Waals surface area contributed by atoms with Crippen LogP contribution in [0.25, 0.3) is 0 Å². The summed E-state index contributed by atoms with van der Waals surface area (Å²) >= 11 is 0. The Morgan fingerprint density at radius 3 is 2.70 bits per heavy atom. The molecule has 0 fully saturated rings. The summed E-state index contributed by atoms with van der Waals surface area (Å²) in [5.41, 5.74) is 5.86. The second-order valence-electron chi connectivity index (χ2n) is 4.91. The molecule has 20 heavy (non-hydrogen) atoms. The van der Waals surface area contributed by atoms with Gasteiger partial charge in [0.05, 0.1) is 0 Å². The van der Waals surface area contributed by atoms with E-state index in [4.69, 9.17) is 5.73 Å². The number of amides is 1. The third-order valence-electron chi connectivity index (χ3n) is 3.13. The Morgan fingerprint density at radius 2 is 2.10 bits per heavy atom. The van der Waals surface area contributed by atoms with Gasteiger partial charge in [-0.25, -0.2) is 4.98 Å². The molecule has 106 valence electrons. The highest BCUT2D eigenvalue weighted by molar-refractivity contribution is 5.86. The number of benzene rings is 1. The first-order valence-electron chi connectivity index (χ1n) is 6.47. The zero-order valence-electron chi connectivity index (χ0n) is 11.7. The Balaban J connectivity index is 1.91. The molecule has 1 unspecified atom stereocenters. The van der Waals surface area contributed by atoms with Crippen LogP contribution in [0.4, 0.5) is 0 Å². The molecule has 1 heterocycles. The van der Waals surface area contributed by atoms with Crippen molar-refractivity contribution in [3.63, 3.8) is 0 Å². The first-order chi connectivity index (χ1) is 9.50. The maximum Gasteiger partial charge on any atom is 0.244 e. The van der Waals surface area contributed by atoms with E-state index in [9.17, 15) is 4.79 Å². The van der Waals surface area contributed by atoms with Gasteiger partial charge < -0.3 is 11.1 Å². The van der Waals surface area contributed by atoms with Gasteiger partial charge in [0.25, 0.3) is 0 Å². The quantitative estimate of drug-likeness (QED) is 0.823. The molecule has 0 aliphatic heterocycles. The lowest BCUT2D eigenvalue weighted by Gasteiger charge is -2.23. The van der Waals surface area contributed by atoms with E-state index in [1.165, 1.54) is 0 Å². The third-order valence-corrected chi connectivity index (χ3v) is 3.13. The highest BCUT2D eigenvalue weighted by Crippen LogP contribution is 2.17. The number of aryl methyl sites for hydroxylation is 1. The van der Waals surface area contributed by atoms with Gasteiger partial charge in [-0.05, 0) is 12.5 Å². The molecular weight excluding hydrogens is 254 g/mol. The predicted octanol–water partition coefficient (Wildman–Crippen LogP) is 0.348. The second kappa shape index (κ2) is 5.83. The number of nitrogens with two attached hydrogens (primary N) is 1. The van der Waals surface area contributed by atoms with Crippen LogP contribution in [-0.2, 0) is 23.8 Å². The van der Waals surface area contributed by atoms with E-state index in [-0.39, 0.29) is 5.91 Å². The van der Waals surface area contributed by atoms with Crippen molar-refractivity contribution in [2.75, 3.05) is 6.54 Å². The van der Waals surface area contributed by atoms with Crippen molar-refractivity contribution in [2.24, 2.45) is 12.8 Å². The fraction of sp³-hybridized carbons (Fsp3) is 0.357. The van der Waals surface area contributed by atoms with Gasteiger partial charge in [0.1, 0.15) is 11.9 Å². The van der Waals surface area contributed by atoms with Gasteiger partial charge >= 0.3 is 0 Å². The van der Waals surface area contributed by atoms with Crippen LogP contribution >= 0.6 is 0 Å². The van der Waals surface area contributed by atoms with Crippen LogP contribution < -0.4 is 11.1 Å². The van der Waals surface area contributed by atoms with Gasteiger partial charge in [-0.3, -0.25) is 9.48 Å². The van der Waals surface area contributed by atoms with Crippen LogP contribution in [0.5, 0.6) is 0 Å². The summed E-state index contributed by atoms with van der Waals surface area (Å²) in [6, 6.07) is 9.32. The molecule has 6 nitrogen and oxygen atoms in total. The van der Waals surface area contributed by atoms with Crippen LogP contribution in [0.1, 0.15) is 18.3 Å². The van der Waals surface area contributed by atoms with Crippen LogP contribution in [-0.4, -0.2) is 27.2 Å². The van der Waals surface area contributed by atoms with Gasteiger partial charge in [0, 0.05) is 20.0 Å². The molecular formula is C14H19N5O. The topological polar surface area (TPSA) is 85.8 Å². The summed E-state index contributed by atoms with van der Waals surface area (Å²) in [5.74, 6) is 0.492. The fourth-order valence-electron chi connectivity index (χ4n) is 1.89. The summed E-state index contributed by atoms with van der Waals surface area (Å²) in [6.07, 6.45) is 2.21. The second-order valence-corrected chi connectivity index (χ2v) is 4.91. The lowest BCUT2D eigenvalue weighted by atomic mass is 9.92. The van der Waals surface area contributed by atoms with Crippen LogP contribution in [0.15, 0.2) is 36.7 Å². The monoisotopic (exact) mass is 273 g/mol. The van der Waals surface area contributed by atoms with E-state index in [1.54, 1.807) is 25.0 Å². The smallest absolute Gasteiger partial charge is 0.244 e. The molecule has 1 amide bonds. The first-order valence-corrected chi connectivity index (χ1v) is 6.47. The van der Waals surface area contributed by atoms with Crippen LogP contribution in [0, 0.1) is 0 Å². The van der Waals surface area contributed by atoms with Crippen LogP contribution in [0.2, 0.25) is 0 Å². The van der Waals surface area contributed by atoms with Crippen molar-refractivity contribution in [3.8, 4) is 0 Å². The van der Waals surface area contributed by atoms with Crippen molar-refractivity contribution in [1.82, 2.24) is 20.1 Å². The van der Waals surface area contributed by atoms with E-state index in [0.29, 0.717) is 18.8 Å². The van der Waals surface area contributed by atoms with Gasteiger partial charge in [0.2, 0.25) is 5.91 Å². The highest BCUT2D eigenvalue weighted by Gasteiger charge is 2.29. The van der Waals surface area contributed by atoms with E-state index < -0.39 is 5.54 Å². The summed E-state index contributed by atoms with van der Waals surface area (Å²) in [5, 5.41) is 6.98. The van der Waals surface area contributed by atoms with Crippen molar-refractivity contribution in [2.45, 2.75) is 18.9 Å². The van der Waals surface area contributed by atoms with E-state index >= 15 is 0 Å². The molecule has 3 N–H and O–H groups in total. The number of carbonyl (C=O) groups excluding carboxylic acids is 1. The molecule has 1 aromatic carbocycles. The Bertz CT molecular complexity index is 576. The molecule has 2 aromatic rings. The molecule has 0 saturated carbocycles. The zero-order valence-corrected chi connectivity index (χ0v) is 11.7. The van der Waals surface area contributed by atoms with Crippen molar-refractivity contribution >= 4 is 5.91 Å². The maximum absolute atomic E-state index is 12.2. The highest BCUT2D eigenvalue weighted by atomic mass is 16.2.